The first-order chi connectivity index (χ1) is 9.01. The van der Waals surface area contributed by atoms with Gasteiger partial charge in [-0.2, -0.15) is 0 Å². The lowest BCUT2D eigenvalue weighted by atomic mass is 10.0. The minimum Gasteiger partial charge on any atom is -0.466 e. The van der Waals surface area contributed by atoms with E-state index in [0.717, 1.165) is 0 Å². The van der Waals surface area contributed by atoms with Crippen molar-refractivity contribution in [3.05, 3.63) is 0 Å². The number of rotatable bonds is 7. The van der Waals surface area contributed by atoms with Crippen molar-refractivity contribution in [3.8, 4) is 0 Å². The lowest BCUT2D eigenvalue weighted by Gasteiger charge is -2.30. The number of nitrogens with zero attached hydrogens (tertiary/aromatic N) is 1. The Bertz CT molecular complexity index is 382. The van der Waals surface area contributed by atoms with Crippen molar-refractivity contribution in [3.63, 3.8) is 0 Å². The van der Waals surface area contributed by atoms with Crippen LogP contribution in [0.25, 0.3) is 0 Å². The van der Waals surface area contributed by atoms with Gasteiger partial charge in [0.05, 0.1) is 24.9 Å². The summed E-state index contributed by atoms with van der Waals surface area (Å²) < 4.78 is 35.6. The van der Waals surface area contributed by atoms with Crippen LogP contribution in [-0.2, 0) is 24.3 Å². The zero-order chi connectivity index (χ0) is 14.3. The van der Waals surface area contributed by atoms with Gasteiger partial charge in [-0.05, 0) is 26.7 Å². The summed E-state index contributed by atoms with van der Waals surface area (Å²) in [5.41, 5.74) is 0. The molecule has 1 aliphatic heterocycles. The average molecular weight is 293 g/mol. The van der Waals surface area contributed by atoms with Crippen molar-refractivity contribution in [1.29, 1.82) is 0 Å². The third-order valence-corrected chi connectivity index (χ3v) is 4.89. The van der Waals surface area contributed by atoms with Crippen LogP contribution in [0.5, 0.6) is 0 Å². The first-order valence-corrected chi connectivity index (χ1v) is 8.34. The lowest BCUT2D eigenvalue weighted by molar-refractivity contribution is -0.149. The number of sulfonamides is 1. The van der Waals surface area contributed by atoms with Crippen LogP contribution < -0.4 is 0 Å². The summed E-state index contributed by atoms with van der Waals surface area (Å²) in [6.45, 7) is 5.30. The Hall–Kier alpha value is -0.660. The van der Waals surface area contributed by atoms with E-state index in [1.807, 2.05) is 6.92 Å². The summed E-state index contributed by atoms with van der Waals surface area (Å²) in [5.74, 6) is -0.668. The Morgan fingerprint density at radius 2 is 2.05 bits per heavy atom. The van der Waals surface area contributed by atoms with Crippen molar-refractivity contribution in [2.75, 3.05) is 38.7 Å². The van der Waals surface area contributed by atoms with Crippen LogP contribution in [0.1, 0.15) is 26.7 Å². The summed E-state index contributed by atoms with van der Waals surface area (Å²) in [7, 11) is -3.34. The van der Waals surface area contributed by atoms with E-state index < -0.39 is 10.0 Å². The van der Waals surface area contributed by atoms with Crippen LogP contribution in [0.3, 0.4) is 0 Å². The van der Waals surface area contributed by atoms with Gasteiger partial charge in [0.15, 0.2) is 0 Å². The third kappa shape index (κ3) is 5.08. The van der Waals surface area contributed by atoms with Crippen LogP contribution in [-0.4, -0.2) is 57.4 Å². The topological polar surface area (TPSA) is 72.9 Å². The van der Waals surface area contributed by atoms with Crippen molar-refractivity contribution in [2.24, 2.45) is 5.92 Å². The molecule has 1 heterocycles. The highest BCUT2D eigenvalue weighted by molar-refractivity contribution is 7.89. The fourth-order valence-corrected chi connectivity index (χ4v) is 3.49. The quantitative estimate of drug-likeness (QED) is 0.508. The Morgan fingerprint density at radius 1 is 1.32 bits per heavy atom. The molecule has 0 spiro atoms. The van der Waals surface area contributed by atoms with Gasteiger partial charge in [0.2, 0.25) is 10.0 Å². The van der Waals surface area contributed by atoms with Gasteiger partial charge >= 0.3 is 5.97 Å². The standard InChI is InChI=1S/C12H23NO5S/c1-3-17-8-9-19(15,16)13-7-5-6-11(10-13)12(14)18-4-2/h11H,3-10H2,1-2H3. The summed E-state index contributed by atoms with van der Waals surface area (Å²) in [4.78, 5) is 11.7. The fraction of sp³-hybridized carbons (Fsp3) is 0.917. The number of esters is 1. The van der Waals surface area contributed by atoms with Gasteiger partial charge < -0.3 is 9.47 Å². The van der Waals surface area contributed by atoms with E-state index in [0.29, 0.717) is 32.6 Å². The highest BCUT2D eigenvalue weighted by Crippen LogP contribution is 2.20. The van der Waals surface area contributed by atoms with Crippen molar-refractivity contribution in [2.45, 2.75) is 26.7 Å². The van der Waals surface area contributed by atoms with E-state index in [2.05, 4.69) is 0 Å². The number of ether oxygens (including phenoxy) is 2. The second-order valence-electron chi connectivity index (χ2n) is 4.46. The van der Waals surface area contributed by atoms with Crippen LogP contribution in [0.2, 0.25) is 0 Å². The Kier molecular flexibility index (Phi) is 6.74. The van der Waals surface area contributed by atoms with E-state index in [-0.39, 0.29) is 30.8 Å². The summed E-state index contributed by atoms with van der Waals surface area (Å²) in [6, 6.07) is 0. The predicted octanol–water partition coefficient (Wildman–Crippen LogP) is 0.628. The minimum absolute atomic E-state index is 0.0314. The van der Waals surface area contributed by atoms with Gasteiger partial charge in [-0.1, -0.05) is 0 Å². The molecule has 1 rings (SSSR count). The molecule has 0 bridgehead atoms. The SMILES string of the molecule is CCOCCS(=O)(=O)N1CCCC(C(=O)OCC)C1. The van der Waals surface area contributed by atoms with E-state index >= 15 is 0 Å². The summed E-state index contributed by atoms with van der Waals surface area (Å²) >= 11 is 0. The molecule has 0 aromatic carbocycles. The molecule has 0 saturated carbocycles. The van der Waals surface area contributed by atoms with Crippen molar-refractivity contribution < 1.29 is 22.7 Å². The Morgan fingerprint density at radius 3 is 2.68 bits per heavy atom. The molecule has 0 N–H and O–H groups in total. The van der Waals surface area contributed by atoms with Crippen molar-refractivity contribution in [1.82, 2.24) is 4.31 Å². The average Bonchev–Trinajstić information content (AvgIpc) is 2.39. The molecule has 112 valence electrons. The van der Waals surface area contributed by atoms with Gasteiger partial charge in [-0.3, -0.25) is 4.79 Å². The minimum atomic E-state index is -3.34. The maximum absolute atomic E-state index is 12.1. The second-order valence-corrected chi connectivity index (χ2v) is 6.55. The van der Waals surface area contributed by atoms with E-state index in [4.69, 9.17) is 9.47 Å². The fourth-order valence-electron chi connectivity index (χ4n) is 2.09. The van der Waals surface area contributed by atoms with Gasteiger partial charge in [-0.15, -0.1) is 0 Å². The van der Waals surface area contributed by atoms with Crippen LogP contribution in [0, 0.1) is 5.92 Å². The molecule has 0 aromatic rings. The first-order valence-electron chi connectivity index (χ1n) is 6.73. The van der Waals surface area contributed by atoms with E-state index in [9.17, 15) is 13.2 Å². The molecule has 0 amide bonds. The largest absolute Gasteiger partial charge is 0.466 e. The van der Waals surface area contributed by atoms with Gasteiger partial charge in [0.25, 0.3) is 0 Å². The monoisotopic (exact) mass is 293 g/mol. The second kappa shape index (κ2) is 7.81. The van der Waals surface area contributed by atoms with Crippen LogP contribution in [0.15, 0.2) is 0 Å². The Labute approximate surface area is 115 Å². The maximum Gasteiger partial charge on any atom is 0.310 e. The number of hydrogen-bond donors (Lipinski definition) is 0. The maximum atomic E-state index is 12.1. The van der Waals surface area contributed by atoms with Crippen LogP contribution in [0.4, 0.5) is 0 Å². The van der Waals surface area contributed by atoms with Gasteiger partial charge in [0, 0.05) is 19.7 Å². The molecule has 0 aliphatic carbocycles. The summed E-state index contributed by atoms with van der Waals surface area (Å²) in [5, 5.41) is 0. The zero-order valence-electron chi connectivity index (χ0n) is 11.6. The third-order valence-electron chi connectivity index (χ3n) is 3.09. The van der Waals surface area contributed by atoms with E-state index in [1.165, 1.54) is 4.31 Å². The number of piperidine rings is 1. The van der Waals surface area contributed by atoms with Crippen LogP contribution >= 0.6 is 0 Å². The van der Waals surface area contributed by atoms with Crippen molar-refractivity contribution >= 4 is 16.0 Å². The van der Waals surface area contributed by atoms with Gasteiger partial charge in [-0.25, -0.2) is 12.7 Å². The smallest absolute Gasteiger partial charge is 0.310 e. The Balaban J connectivity index is 2.55. The molecule has 1 unspecified atom stereocenters. The first kappa shape index (κ1) is 16.4. The molecule has 6 nitrogen and oxygen atoms in total. The predicted molar refractivity (Wildman–Crippen MR) is 71.2 cm³/mol. The van der Waals surface area contributed by atoms with E-state index in [1.54, 1.807) is 6.92 Å². The summed E-state index contributed by atoms with van der Waals surface area (Å²) in [6.07, 6.45) is 1.38. The lowest BCUT2D eigenvalue weighted by Crippen LogP contribution is -2.44. The highest BCUT2D eigenvalue weighted by Gasteiger charge is 2.32. The highest BCUT2D eigenvalue weighted by atomic mass is 32.2. The number of carbonyl (C=O) groups is 1. The molecule has 0 aromatic heterocycles. The molecule has 7 heteroatoms. The number of hydrogen-bond acceptors (Lipinski definition) is 5. The molecule has 1 atom stereocenters. The molecule has 0 radical (unpaired) electrons. The normalized spacial score (nSPS) is 21.3. The molecule has 1 aliphatic rings. The molecule has 1 saturated heterocycles. The van der Waals surface area contributed by atoms with Gasteiger partial charge in [0.1, 0.15) is 0 Å². The molecule has 19 heavy (non-hydrogen) atoms. The number of carbonyl (C=O) groups excluding carboxylic acids is 1. The molecular weight excluding hydrogens is 270 g/mol. The molecular formula is C12H23NO5S. The molecule has 1 fully saturated rings. The zero-order valence-corrected chi connectivity index (χ0v) is 12.4.